The second-order valence-electron chi connectivity index (χ2n) is 4.45. The largest absolute Gasteiger partial charge is 0.379 e. The number of nitrogens with one attached hydrogen (secondary N) is 1. The van der Waals surface area contributed by atoms with Crippen LogP contribution in [0.15, 0.2) is 24.5 Å². The number of hydrogen-bond donors (Lipinski definition) is 2. The van der Waals surface area contributed by atoms with Crippen molar-refractivity contribution in [2.45, 2.75) is 11.8 Å². The van der Waals surface area contributed by atoms with Gasteiger partial charge in [-0.3, -0.25) is 0 Å². The monoisotopic (exact) mass is 217 g/mol. The molecule has 2 aromatic rings. The van der Waals surface area contributed by atoms with E-state index in [4.69, 9.17) is 10.5 Å². The normalized spacial score (nSPS) is 18.6. The summed E-state index contributed by atoms with van der Waals surface area (Å²) in [5.41, 5.74) is 9.21. The van der Waals surface area contributed by atoms with Gasteiger partial charge >= 0.3 is 0 Å². The van der Waals surface area contributed by atoms with E-state index in [9.17, 15) is 0 Å². The third kappa shape index (κ3) is 1.34. The van der Waals surface area contributed by atoms with Crippen molar-refractivity contribution in [3.05, 3.63) is 30.1 Å². The number of hydrogen-bond acceptors (Lipinski definition) is 3. The number of rotatable bonds is 3. The zero-order chi connectivity index (χ0) is 11.0. The maximum absolute atomic E-state index is 5.68. The molecule has 0 saturated carbocycles. The van der Waals surface area contributed by atoms with E-state index in [1.54, 1.807) is 6.33 Å². The van der Waals surface area contributed by atoms with Gasteiger partial charge in [-0.1, -0.05) is 6.07 Å². The van der Waals surface area contributed by atoms with Gasteiger partial charge < -0.3 is 15.5 Å². The molecule has 16 heavy (non-hydrogen) atoms. The lowest BCUT2D eigenvalue weighted by atomic mass is 9.76. The van der Waals surface area contributed by atoms with Crippen LogP contribution in [0, 0.1) is 0 Å². The van der Waals surface area contributed by atoms with Crippen molar-refractivity contribution >= 4 is 11.0 Å². The summed E-state index contributed by atoms with van der Waals surface area (Å²) in [4.78, 5) is 7.36. The lowest BCUT2D eigenvalue weighted by Gasteiger charge is -2.42. The molecular formula is C12H15N3O. The zero-order valence-electron chi connectivity index (χ0n) is 9.07. The van der Waals surface area contributed by atoms with Crippen LogP contribution in [0.3, 0.4) is 0 Å². The molecule has 0 spiro atoms. The van der Waals surface area contributed by atoms with Crippen LogP contribution >= 0.6 is 0 Å². The number of H-pyrrole nitrogens is 1. The number of aromatic nitrogens is 2. The first-order chi connectivity index (χ1) is 7.84. The van der Waals surface area contributed by atoms with Gasteiger partial charge in [0.15, 0.2) is 0 Å². The fourth-order valence-corrected chi connectivity index (χ4v) is 2.35. The summed E-state index contributed by atoms with van der Waals surface area (Å²) in [7, 11) is 0. The fraction of sp³-hybridized carbons (Fsp3) is 0.417. The molecule has 1 fully saturated rings. The first-order valence-corrected chi connectivity index (χ1v) is 5.55. The van der Waals surface area contributed by atoms with E-state index in [1.807, 2.05) is 0 Å². The van der Waals surface area contributed by atoms with Crippen molar-refractivity contribution in [3.63, 3.8) is 0 Å². The lowest BCUT2D eigenvalue weighted by Crippen LogP contribution is -2.48. The van der Waals surface area contributed by atoms with Crippen LogP contribution in [0.5, 0.6) is 0 Å². The smallest absolute Gasteiger partial charge is 0.0931 e. The van der Waals surface area contributed by atoms with Crippen LogP contribution in [0.4, 0.5) is 0 Å². The molecule has 0 amide bonds. The van der Waals surface area contributed by atoms with Crippen LogP contribution in [0.1, 0.15) is 12.0 Å². The third-order valence-corrected chi connectivity index (χ3v) is 3.41. The summed E-state index contributed by atoms with van der Waals surface area (Å²) in [6.07, 6.45) is 2.70. The van der Waals surface area contributed by atoms with E-state index in [0.717, 1.165) is 30.7 Å². The maximum Gasteiger partial charge on any atom is 0.0931 e. The number of ether oxygens (including phenoxy) is 1. The average molecular weight is 217 g/mol. The molecule has 1 aliphatic rings. The van der Waals surface area contributed by atoms with Crippen molar-refractivity contribution in [2.24, 2.45) is 5.73 Å². The molecule has 4 heteroatoms. The molecule has 0 aliphatic carbocycles. The Balaban J connectivity index is 2.03. The van der Waals surface area contributed by atoms with Crippen LogP contribution in [0.2, 0.25) is 0 Å². The van der Waals surface area contributed by atoms with Gasteiger partial charge in [0.05, 0.1) is 30.6 Å². The number of aromatic amines is 1. The standard InChI is InChI=1S/C12H15N3O/c13-4-3-12(6-16-7-12)9-1-2-10-11(5-9)15-8-14-10/h1-2,5,8H,3-4,6-7,13H2,(H,14,15). The van der Waals surface area contributed by atoms with E-state index < -0.39 is 0 Å². The highest BCUT2D eigenvalue weighted by Crippen LogP contribution is 2.36. The number of nitrogens with two attached hydrogens (primary N) is 1. The number of nitrogens with zero attached hydrogens (tertiary/aromatic N) is 1. The molecule has 84 valence electrons. The number of imidazole rings is 1. The quantitative estimate of drug-likeness (QED) is 0.811. The lowest BCUT2D eigenvalue weighted by molar-refractivity contribution is -0.0630. The summed E-state index contributed by atoms with van der Waals surface area (Å²) in [6, 6.07) is 6.36. The van der Waals surface area contributed by atoms with Gasteiger partial charge in [0.25, 0.3) is 0 Å². The van der Waals surface area contributed by atoms with Crippen molar-refractivity contribution in [1.29, 1.82) is 0 Å². The Hall–Kier alpha value is -1.39. The Bertz CT molecular complexity index is 502. The van der Waals surface area contributed by atoms with Crippen LogP contribution < -0.4 is 5.73 Å². The molecule has 0 unspecified atom stereocenters. The molecule has 4 nitrogen and oxygen atoms in total. The van der Waals surface area contributed by atoms with Gasteiger partial charge in [-0.2, -0.15) is 0 Å². The predicted octanol–water partition coefficient (Wildman–Crippen LogP) is 1.18. The SMILES string of the molecule is NCCC1(c2ccc3nc[nH]c3c2)COC1. The molecule has 2 heterocycles. The maximum atomic E-state index is 5.68. The second-order valence-corrected chi connectivity index (χ2v) is 4.45. The highest BCUT2D eigenvalue weighted by atomic mass is 16.5. The summed E-state index contributed by atoms with van der Waals surface area (Å²) < 4.78 is 5.36. The van der Waals surface area contributed by atoms with Crippen molar-refractivity contribution in [2.75, 3.05) is 19.8 Å². The minimum Gasteiger partial charge on any atom is -0.379 e. The highest BCUT2D eigenvalue weighted by Gasteiger charge is 2.39. The average Bonchev–Trinajstić information content (AvgIpc) is 2.70. The van der Waals surface area contributed by atoms with Crippen molar-refractivity contribution in [1.82, 2.24) is 9.97 Å². The number of fused-ring (bicyclic) bond motifs is 1. The van der Waals surface area contributed by atoms with Crippen molar-refractivity contribution < 1.29 is 4.74 Å². The molecule has 0 atom stereocenters. The van der Waals surface area contributed by atoms with E-state index in [-0.39, 0.29) is 5.41 Å². The Morgan fingerprint density at radius 1 is 1.44 bits per heavy atom. The van der Waals surface area contributed by atoms with Crippen LogP contribution in [-0.2, 0) is 10.2 Å². The van der Waals surface area contributed by atoms with E-state index >= 15 is 0 Å². The van der Waals surface area contributed by atoms with Gasteiger partial charge in [-0.05, 0) is 30.7 Å². The van der Waals surface area contributed by atoms with E-state index in [1.165, 1.54) is 5.56 Å². The first kappa shape index (κ1) is 9.81. The molecule has 3 rings (SSSR count). The Labute approximate surface area is 93.8 Å². The first-order valence-electron chi connectivity index (χ1n) is 5.55. The number of benzene rings is 1. The molecule has 0 radical (unpaired) electrons. The minimum atomic E-state index is 0.133. The fourth-order valence-electron chi connectivity index (χ4n) is 2.35. The minimum absolute atomic E-state index is 0.133. The summed E-state index contributed by atoms with van der Waals surface area (Å²) in [6.45, 7) is 2.26. The van der Waals surface area contributed by atoms with Gasteiger partial charge in [-0.25, -0.2) is 4.98 Å². The molecule has 1 aromatic carbocycles. The van der Waals surface area contributed by atoms with Gasteiger partial charge in [0, 0.05) is 5.41 Å². The third-order valence-electron chi connectivity index (χ3n) is 3.41. The topological polar surface area (TPSA) is 63.9 Å². The molecular weight excluding hydrogens is 202 g/mol. The van der Waals surface area contributed by atoms with Gasteiger partial charge in [-0.15, -0.1) is 0 Å². The Kier molecular flexibility index (Phi) is 2.19. The van der Waals surface area contributed by atoms with E-state index in [2.05, 4.69) is 28.2 Å². The summed E-state index contributed by atoms with van der Waals surface area (Å²) >= 11 is 0. The molecule has 0 bridgehead atoms. The van der Waals surface area contributed by atoms with Gasteiger partial charge in [0.1, 0.15) is 0 Å². The molecule has 1 aliphatic heterocycles. The van der Waals surface area contributed by atoms with Crippen LogP contribution in [-0.4, -0.2) is 29.7 Å². The summed E-state index contributed by atoms with van der Waals surface area (Å²) in [5.74, 6) is 0. The molecule has 3 N–H and O–H groups in total. The highest BCUT2D eigenvalue weighted by molar-refractivity contribution is 5.75. The Morgan fingerprint density at radius 3 is 3.00 bits per heavy atom. The molecule has 1 saturated heterocycles. The summed E-state index contributed by atoms with van der Waals surface area (Å²) in [5, 5.41) is 0. The molecule has 1 aromatic heterocycles. The van der Waals surface area contributed by atoms with E-state index in [0.29, 0.717) is 6.54 Å². The van der Waals surface area contributed by atoms with Crippen molar-refractivity contribution in [3.8, 4) is 0 Å². The van der Waals surface area contributed by atoms with Crippen LogP contribution in [0.25, 0.3) is 11.0 Å². The predicted molar refractivity (Wildman–Crippen MR) is 62.3 cm³/mol. The van der Waals surface area contributed by atoms with Gasteiger partial charge in [0.2, 0.25) is 0 Å². The zero-order valence-corrected chi connectivity index (χ0v) is 9.07. The second kappa shape index (κ2) is 3.57. The Morgan fingerprint density at radius 2 is 2.31 bits per heavy atom.